The molecular weight excluding hydrogens is 120 g/mol. The maximum Gasteiger partial charge on any atom is 0.253 e. The predicted octanol–water partition coefficient (Wildman–Crippen LogP) is -0.232. The minimum atomic E-state index is 0.498. The van der Waals surface area contributed by atoms with Gasteiger partial charge >= 0.3 is 0 Å². The first kappa shape index (κ1) is 4.37. The van der Waals surface area contributed by atoms with Gasteiger partial charge in [-0.1, -0.05) is 0 Å². The van der Waals surface area contributed by atoms with Crippen LogP contribution in [-0.4, -0.2) is 24.5 Å². The number of aromatic nitrogens is 4. The highest BCUT2D eigenvalue weighted by Gasteiger charge is 1.96. The van der Waals surface area contributed by atoms with E-state index >= 15 is 0 Å². The molecule has 2 rings (SSSR count). The largest absolute Gasteiger partial charge is 0.411 e. The van der Waals surface area contributed by atoms with Gasteiger partial charge in [-0.3, -0.25) is 0 Å². The molecule has 9 heavy (non-hydrogen) atoms. The molecule has 0 aliphatic heterocycles. The molecule has 0 amide bonds. The minimum Gasteiger partial charge on any atom is -0.411 e. The van der Waals surface area contributed by atoms with E-state index in [1.54, 1.807) is 12.4 Å². The average Bonchev–Trinajstić information content (AvgIpc) is 2.35. The zero-order chi connectivity index (χ0) is 6.27. The fourth-order valence-corrected chi connectivity index (χ4v) is 0.700. The van der Waals surface area contributed by atoms with E-state index < -0.39 is 0 Å². The highest BCUT2D eigenvalue weighted by molar-refractivity contribution is 5.23. The smallest absolute Gasteiger partial charge is 0.253 e. The van der Waals surface area contributed by atoms with Crippen molar-refractivity contribution < 1.29 is 5.21 Å². The van der Waals surface area contributed by atoms with E-state index in [1.165, 1.54) is 10.8 Å². The van der Waals surface area contributed by atoms with Crippen molar-refractivity contribution in [1.29, 1.82) is 0 Å². The second kappa shape index (κ2) is 1.25. The highest BCUT2D eigenvalue weighted by atomic mass is 16.5. The zero-order valence-electron chi connectivity index (χ0n) is 4.47. The van der Waals surface area contributed by atoms with E-state index in [0.29, 0.717) is 5.78 Å². The number of hydrogen-bond donors (Lipinski definition) is 1. The van der Waals surface area contributed by atoms with Crippen molar-refractivity contribution in [3.63, 3.8) is 0 Å². The van der Waals surface area contributed by atoms with Crippen LogP contribution < -0.4 is 0 Å². The van der Waals surface area contributed by atoms with Gasteiger partial charge in [0.1, 0.15) is 0 Å². The standard InChI is InChI=1S/C4H4N4O/c9-8-3-6-4-5-1-2-7(4)8/h1-3,9H. The Morgan fingerprint density at radius 1 is 1.44 bits per heavy atom. The van der Waals surface area contributed by atoms with Gasteiger partial charge in [-0.05, 0) is 0 Å². The molecule has 2 aromatic rings. The van der Waals surface area contributed by atoms with Crippen molar-refractivity contribution in [3.8, 4) is 0 Å². The minimum absolute atomic E-state index is 0.498. The highest BCUT2D eigenvalue weighted by Crippen LogP contribution is 1.92. The molecular formula is C4H4N4O. The van der Waals surface area contributed by atoms with Crippen LogP contribution >= 0.6 is 0 Å². The first-order valence-electron chi connectivity index (χ1n) is 2.44. The fraction of sp³-hybridized carbons (Fsp3) is 0. The van der Waals surface area contributed by atoms with Crippen molar-refractivity contribution in [1.82, 2.24) is 19.3 Å². The Bertz CT molecular complexity index is 322. The van der Waals surface area contributed by atoms with Gasteiger partial charge in [0.05, 0.1) is 6.20 Å². The normalized spacial score (nSPS) is 10.7. The van der Waals surface area contributed by atoms with E-state index in [4.69, 9.17) is 5.21 Å². The fourth-order valence-electron chi connectivity index (χ4n) is 0.700. The van der Waals surface area contributed by atoms with Gasteiger partial charge in [0, 0.05) is 6.20 Å². The van der Waals surface area contributed by atoms with E-state index in [1.807, 2.05) is 0 Å². The lowest BCUT2D eigenvalue weighted by Gasteiger charge is -1.86. The molecule has 1 N–H and O–H groups in total. The van der Waals surface area contributed by atoms with Crippen LogP contribution in [0.3, 0.4) is 0 Å². The molecule has 5 heteroatoms. The van der Waals surface area contributed by atoms with Crippen LogP contribution in [0.5, 0.6) is 0 Å². The van der Waals surface area contributed by atoms with Crippen molar-refractivity contribution in [2.24, 2.45) is 0 Å². The van der Waals surface area contributed by atoms with Crippen molar-refractivity contribution >= 4 is 5.78 Å². The summed E-state index contributed by atoms with van der Waals surface area (Å²) < 4.78 is 1.42. The van der Waals surface area contributed by atoms with Crippen LogP contribution in [0.2, 0.25) is 0 Å². The first-order chi connectivity index (χ1) is 4.38. The summed E-state index contributed by atoms with van der Waals surface area (Å²) in [7, 11) is 0. The van der Waals surface area contributed by atoms with Gasteiger partial charge in [0.2, 0.25) is 0 Å². The number of fused-ring (bicyclic) bond motifs is 1. The van der Waals surface area contributed by atoms with E-state index in [9.17, 15) is 0 Å². The molecule has 0 saturated carbocycles. The van der Waals surface area contributed by atoms with Crippen LogP contribution in [0.15, 0.2) is 18.7 Å². The third kappa shape index (κ3) is 0.426. The Morgan fingerprint density at radius 3 is 3.11 bits per heavy atom. The van der Waals surface area contributed by atoms with Crippen molar-refractivity contribution in [2.45, 2.75) is 0 Å². The summed E-state index contributed by atoms with van der Waals surface area (Å²) in [5, 5.41) is 8.88. The monoisotopic (exact) mass is 124 g/mol. The summed E-state index contributed by atoms with van der Waals surface area (Å²) in [6.07, 6.45) is 4.46. The van der Waals surface area contributed by atoms with Gasteiger partial charge in [0.15, 0.2) is 6.33 Å². The zero-order valence-corrected chi connectivity index (χ0v) is 4.47. The predicted molar refractivity (Wildman–Crippen MR) is 28.2 cm³/mol. The molecule has 0 bridgehead atoms. The summed E-state index contributed by atoms with van der Waals surface area (Å²) in [5.41, 5.74) is 0. The molecule has 46 valence electrons. The summed E-state index contributed by atoms with van der Waals surface area (Å²) >= 11 is 0. The Balaban J connectivity index is 2.99. The SMILES string of the molecule is On1cnc2nccn21. The summed E-state index contributed by atoms with van der Waals surface area (Å²) in [5.74, 6) is 0.498. The van der Waals surface area contributed by atoms with Gasteiger partial charge in [-0.25, -0.2) is 4.98 Å². The first-order valence-corrected chi connectivity index (χ1v) is 2.44. The third-order valence-electron chi connectivity index (χ3n) is 1.10. The van der Waals surface area contributed by atoms with E-state index in [-0.39, 0.29) is 0 Å². The van der Waals surface area contributed by atoms with Crippen LogP contribution in [0, 0.1) is 0 Å². The second-order valence-corrected chi connectivity index (χ2v) is 1.64. The average molecular weight is 124 g/mol. The molecule has 0 aliphatic carbocycles. The molecule has 0 spiro atoms. The Labute approximate surface area is 50.1 Å². The maximum absolute atomic E-state index is 8.88. The number of imidazole rings is 1. The molecule has 0 unspecified atom stereocenters. The van der Waals surface area contributed by atoms with Crippen molar-refractivity contribution in [3.05, 3.63) is 18.7 Å². The molecule has 0 fully saturated rings. The quantitative estimate of drug-likeness (QED) is 0.493. The lowest BCUT2D eigenvalue weighted by molar-refractivity contribution is 0.136. The molecule has 0 radical (unpaired) electrons. The van der Waals surface area contributed by atoms with E-state index in [0.717, 1.165) is 4.85 Å². The van der Waals surface area contributed by atoms with Crippen molar-refractivity contribution in [2.75, 3.05) is 0 Å². The summed E-state index contributed by atoms with van der Waals surface area (Å²) in [6.45, 7) is 0. The Morgan fingerprint density at radius 2 is 2.33 bits per heavy atom. The van der Waals surface area contributed by atoms with Gasteiger partial charge in [0.25, 0.3) is 5.78 Å². The van der Waals surface area contributed by atoms with Crippen LogP contribution in [0.4, 0.5) is 0 Å². The Kier molecular flexibility index (Phi) is 0.606. The molecule has 5 nitrogen and oxygen atoms in total. The van der Waals surface area contributed by atoms with Gasteiger partial charge < -0.3 is 5.21 Å². The van der Waals surface area contributed by atoms with Gasteiger partial charge in [-0.15, -0.1) is 4.85 Å². The lowest BCUT2D eigenvalue weighted by Crippen LogP contribution is -1.95. The number of rotatable bonds is 0. The second-order valence-electron chi connectivity index (χ2n) is 1.64. The van der Waals surface area contributed by atoms with Gasteiger partial charge in [-0.2, -0.15) is 9.50 Å². The molecule has 0 saturated heterocycles. The summed E-state index contributed by atoms with van der Waals surface area (Å²) in [4.78, 5) is 8.42. The maximum atomic E-state index is 8.88. The van der Waals surface area contributed by atoms with Crippen LogP contribution in [0.1, 0.15) is 0 Å². The molecule has 2 heterocycles. The summed E-state index contributed by atoms with van der Waals surface area (Å²) in [6, 6.07) is 0. The number of nitrogens with zero attached hydrogens (tertiary/aromatic N) is 4. The van der Waals surface area contributed by atoms with Crippen LogP contribution in [0.25, 0.3) is 5.78 Å². The van der Waals surface area contributed by atoms with Crippen LogP contribution in [-0.2, 0) is 0 Å². The van der Waals surface area contributed by atoms with E-state index in [2.05, 4.69) is 9.97 Å². The lowest BCUT2D eigenvalue weighted by atomic mass is 11.0. The molecule has 0 aromatic carbocycles. The topological polar surface area (TPSA) is 55.3 Å². The number of hydrogen-bond acceptors (Lipinski definition) is 3. The molecule has 2 aromatic heterocycles. The third-order valence-corrected chi connectivity index (χ3v) is 1.10. The molecule has 0 atom stereocenters. The Hall–Kier alpha value is -1.52. The molecule has 0 aliphatic rings.